The Balaban J connectivity index is 1.42. The fraction of sp³-hybridized carbons (Fsp3) is 0.529. The number of rotatable bonds is 4. The third-order valence-corrected chi connectivity index (χ3v) is 5.50. The van der Waals surface area contributed by atoms with Gasteiger partial charge in [-0.1, -0.05) is 0 Å². The van der Waals surface area contributed by atoms with Crippen molar-refractivity contribution >= 4 is 11.3 Å². The van der Waals surface area contributed by atoms with Crippen LogP contribution in [0.3, 0.4) is 0 Å². The van der Waals surface area contributed by atoms with Gasteiger partial charge in [-0.2, -0.15) is 0 Å². The molecule has 2 aromatic rings. The molecule has 0 amide bonds. The normalized spacial score (nSPS) is 25.6. The molecule has 0 unspecified atom stereocenters. The SMILES string of the molecule is Cc1nc(CN2CCO[C@H]3CN(Cc4ccncc4)C[C@H]32)cs1. The minimum Gasteiger partial charge on any atom is -0.374 e. The summed E-state index contributed by atoms with van der Waals surface area (Å²) in [5.74, 6) is 0. The fourth-order valence-corrected chi connectivity index (χ4v) is 4.20. The molecule has 0 spiro atoms. The minimum atomic E-state index is 0.324. The number of nitrogens with zero attached hydrogens (tertiary/aromatic N) is 4. The average molecular weight is 330 g/mol. The van der Waals surface area contributed by atoms with Crippen LogP contribution in [-0.4, -0.2) is 58.2 Å². The first-order valence-electron chi connectivity index (χ1n) is 8.16. The highest BCUT2D eigenvalue weighted by Gasteiger charge is 2.40. The van der Waals surface area contributed by atoms with Crippen LogP contribution in [0.4, 0.5) is 0 Å². The molecule has 2 saturated heterocycles. The van der Waals surface area contributed by atoms with E-state index in [1.54, 1.807) is 11.3 Å². The standard InChI is InChI=1S/C17H22N4OS/c1-13-19-15(12-23-13)9-21-6-7-22-17-11-20(10-16(17)21)8-14-2-4-18-5-3-14/h2-5,12,16-17H,6-11H2,1H3/t16-,17+/m1/s1. The summed E-state index contributed by atoms with van der Waals surface area (Å²) < 4.78 is 6.03. The maximum atomic E-state index is 6.03. The Morgan fingerprint density at radius 3 is 2.91 bits per heavy atom. The monoisotopic (exact) mass is 330 g/mol. The van der Waals surface area contributed by atoms with Crippen molar-refractivity contribution in [2.45, 2.75) is 32.2 Å². The lowest BCUT2D eigenvalue weighted by atomic mass is 10.1. The Bertz CT molecular complexity index is 647. The Morgan fingerprint density at radius 1 is 1.26 bits per heavy atom. The summed E-state index contributed by atoms with van der Waals surface area (Å²) in [4.78, 5) is 13.8. The van der Waals surface area contributed by atoms with Crippen molar-refractivity contribution in [2.75, 3.05) is 26.2 Å². The number of ether oxygens (including phenoxy) is 1. The molecule has 2 aliphatic rings. The lowest BCUT2D eigenvalue weighted by Crippen LogP contribution is -2.50. The molecule has 4 heterocycles. The van der Waals surface area contributed by atoms with Gasteiger partial charge in [-0.15, -0.1) is 11.3 Å². The van der Waals surface area contributed by atoms with E-state index in [4.69, 9.17) is 4.74 Å². The van der Waals surface area contributed by atoms with Crippen LogP contribution in [0.2, 0.25) is 0 Å². The number of thiazole rings is 1. The van der Waals surface area contributed by atoms with E-state index < -0.39 is 0 Å². The second-order valence-corrected chi connectivity index (χ2v) is 7.42. The van der Waals surface area contributed by atoms with Gasteiger partial charge in [0.25, 0.3) is 0 Å². The Kier molecular flexibility index (Phi) is 4.39. The highest BCUT2D eigenvalue weighted by Crippen LogP contribution is 2.26. The molecule has 4 rings (SSSR count). The third-order valence-electron chi connectivity index (χ3n) is 4.68. The lowest BCUT2D eigenvalue weighted by molar-refractivity contribution is -0.0507. The molecule has 0 aromatic carbocycles. The molecule has 0 aliphatic carbocycles. The van der Waals surface area contributed by atoms with Crippen LogP contribution < -0.4 is 0 Å². The zero-order valence-corrected chi connectivity index (χ0v) is 14.2. The van der Waals surface area contributed by atoms with Crippen molar-refractivity contribution in [1.29, 1.82) is 0 Å². The van der Waals surface area contributed by atoms with Gasteiger partial charge in [0.1, 0.15) is 0 Å². The van der Waals surface area contributed by atoms with Crippen molar-refractivity contribution in [2.24, 2.45) is 0 Å². The average Bonchev–Trinajstić information content (AvgIpc) is 3.15. The molecule has 23 heavy (non-hydrogen) atoms. The Morgan fingerprint density at radius 2 is 2.13 bits per heavy atom. The van der Waals surface area contributed by atoms with Crippen LogP contribution in [0.1, 0.15) is 16.3 Å². The van der Waals surface area contributed by atoms with Crippen LogP contribution in [0.25, 0.3) is 0 Å². The van der Waals surface area contributed by atoms with Gasteiger partial charge in [0.2, 0.25) is 0 Å². The molecule has 122 valence electrons. The van der Waals surface area contributed by atoms with E-state index >= 15 is 0 Å². The summed E-state index contributed by atoms with van der Waals surface area (Å²) in [5.41, 5.74) is 2.51. The van der Waals surface area contributed by atoms with Crippen molar-refractivity contribution < 1.29 is 4.74 Å². The Hall–Kier alpha value is -1.34. The van der Waals surface area contributed by atoms with E-state index in [-0.39, 0.29) is 0 Å². The van der Waals surface area contributed by atoms with Crippen LogP contribution in [0.15, 0.2) is 29.9 Å². The van der Waals surface area contributed by atoms with Crippen LogP contribution in [0, 0.1) is 6.92 Å². The van der Waals surface area contributed by atoms with Crippen molar-refractivity contribution in [3.8, 4) is 0 Å². The molecular weight excluding hydrogens is 308 g/mol. The summed E-state index contributed by atoms with van der Waals surface area (Å²) in [6, 6.07) is 4.67. The number of morpholine rings is 1. The highest BCUT2D eigenvalue weighted by molar-refractivity contribution is 7.09. The number of likely N-dealkylation sites (tertiary alicyclic amines) is 1. The van der Waals surface area contributed by atoms with E-state index in [1.807, 2.05) is 12.4 Å². The summed E-state index contributed by atoms with van der Waals surface area (Å²) in [6.45, 7) is 7.90. The second kappa shape index (κ2) is 6.65. The zero-order chi connectivity index (χ0) is 15.6. The van der Waals surface area contributed by atoms with E-state index in [0.717, 1.165) is 44.3 Å². The molecule has 2 atom stereocenters. The first-order chi connectivity index (χ1) is 11.3. The van der Waals surface area contributed by atoms with E-state index in [1.165, 1.54) is 11.3 Å². The molecule has 0 N–H and O–H groups in total. The molecule has 5 nitrogen and oxygen atoms in total. The maximum Gasteiger partial charge on any atom is 0.0897 e. The molecule has 2 aromatic heterocycles. The lowest BCUT2D eigenvalue weighted by Gasteiger charge is -2.36. The molecule has 2 aliphatic heterocycles. The van der Waals surface area contributed by atoms with Gasteiger partial charge in [-0.05, 0) is 24.6 Å². The van der Waals surface area contributed by atoms with Crippen molar-refractivity contribution in [3.05, 3.63) is 46.2 Å². The first kappa shape index (κ1) is 15.2. The van der Waals surface area contributed by atoms with Crippen LogP contribution >= 0.6 is 11.3 Å². The number of pyridine rings is 1. The molecule has 6 heteroatoms. The summed E-state index contributed by atoms with van der Waals surface area (Å²) in [5, 5.41) is 3.33. The number of aryl methyl sites for hydroxylation is 1. The number of hydrogen-bond donors (Lipinski definition) is 0. The molecular formula is C17H22N4OS. The predicted octanol–water partition coefficient (Wildman–Crippen LogP) is 1.93. The third kappa shape index (κ3) is 3.45. The molecule has 0 radical (unpaired) electrons. The largest absolute Gasteiger partial charge is 0.374 e. The second-order valence-electron chi connectivity index (χ2n) is 6.35. The van der Waals surface area contributed by atoms with Gasteiger partial charge in [0.15, 0.2) is 0 Å². The van der Waals surface area contributed by atoms with Gasteiger partial charge >= 0.3 is 0 Å². The summed E-state index contributed by atoms with van der Waals surface area (Å²) in [6.07, 6.45) is 4.06. The van der Waals surface area contributed by atoms with Gasteiger partial charge in [-0.3, -0.25) is 14.8 Å². The topological polar surface area (TPSA) is 41.5 Å². The fourth-order valence-electron chi connectivity index (χ4n) is 3.60. The number of aromatic nitrogens is 2. The highest BCUT2D eigenvalue weighted by atomic mass is 32.1. The Labute approximate surface area is 140 Å². The smallest absolute Gasteiger partial charge is 0.0897 e. The molecule has 0 bridgehead atoms. The summed E-state index contributed by atoms with van der Waals surface area (Å²) >= 11 is 1.74. The van der Waals surface area contributed by atoms with E-state index in [2.05, 4.69) is 44.2 Å². The van der Waals surface area contributed by atoms with Crippen molar-refractivity contribution in [3.63, 3.8) is 0 Å². The number of hydrogen-bond acceptors (Lipinski definition) is 6. The quantitative estimate of drug-likeness (QED) is 0.857. The van der Waals surface area contributed by atoms with E-state index in [9.17, 15) is 0 Å². The van der Waals surface area contributed by atoms with E-state index in [0.29, 0.717) is 12.1 Å². The number of fused-ring (bicyclic) bond motifs is 1. The molecule has 0 saturated carbocycles. The zero-order valence-electron chi connectivity index (χ0n) is 13.4. The maximum absolute atomic E-state index is 6.03. The first-order valence-corrected chi connectivity index (χ1v) is 9.04. The minimum absolute atomic E-state index is 0.324. The van der Waals surface area contributed by atoms with Gasteiger partial charge in [0, 0.05) is 50.5 Å². The van der Waals surface area contributed by atoms with Crippen molar-refractivity contribution in [1.82, 2.24) is 19.8 Å². The molecule has 2 fully saturated rings. The van der Waals surface area contributed by atoms with Gasteiger partial charge in [-0.25, -0.2) is 4.98 Å². The van der Waals surface area contributed by atoms with Crippen LogP contribution in [0.5, 0.6) is 0 Å². The van der Waals surface area contributed by atoms with Gasteiger partial charge < -0.3 is 4.74 Å². The van der Waals surface area contributed by atoms with Gasteiger partial charge in [0.05, 0.1) is 29.5 Å². The summed E-state index contributed by atoms with van der Waals surface area (Å²) in [7, 11) is 0. The predicted molar refractivity (Wildman–Crippen MR) is 90.3 cm³/mol. The van der Waals surface area contributed by atoms with Crippen LogP contribution in [-0.2, 0) is 17.8 Å².